The molecular weight excluding hydrogens is 260 g/mol. The average molecular weight is 282 g/mol. The van der Waals surface area contributed by atoms with Crippen LogP contribution in [0.4, 0.5) is 5.82 Å². The number of nitrogens with one attached hydrogen (secondary N) is 1. The second-order valence-corrected chi connectivity index (χ2v) is 5.87. The van der Waals surface area contributed by atoms with E-state index in [1.165, 1.54) is 24.0 Å². The third kappa shape index (κ3) is 4.02. The van der Waals surface area contributed by atoms with Crippen LogP contribution >= 0.6 is 0 Å². The molecule has 0 saturated heterocycles. The minimum atomic E-state index is 0.695. The molecule has 0 bridgehead atoms. The first kappa shape index (κ1) is 14.0. The van der Waals surface area contributed by atoms with Gasteiger partial charge in [-0.2, -0.15) is 0 Å². The van der Waals surface area contributed by atoms with Gasteiger partial charge in [0, 0.05) is 32.4 Å². The smallest absolute Gasteiger partial charge is 0.147 e. The standard InChI is InChI=1S/C17H22N4/c1-13-3-5-14(6-4-13)12-21(2)17-11-18-9-16(20-17)10-19-15-7-8-15/h3-6,9,11,15,19H,7-8,10,12H2,1-2H3. The van der Waals surface area contributed by atoms with Crippen molar-refractivity contribution < 1.29 is 0 Å². The second kappa shape index (κ2) is 6.22. The number of hydrogen-bond donors (Lipinski definition) is 1. The Bertz CT molecular complexity index is 590. The summed E-state index contributed by atoms with van der Waals surface area (Å²) in [5.41, 5.74) is 3.58. The van der Waals surface area contributed by atoms with Crippen LogP contribution in [0.5, 0.6) is 0 Å². The Morgan fingerprint density at radius 2 is 1.95 bits per heavy atom. The van der Waals surface area contributed by atoms with E-state index in [-0.39, 0.29) is 0 Å². The van der Waals surface area contributed by atoms with E-state index in [4.69, 9.17) is 0 Å². The zero-order chi connectivity index (χ0) is 14.7. The summed E-state index contributed by atoms with van der Waals surface area (Å²) in [7, 11) is 2.06. The number of anilines is 1. The maximum absolute atomic E-state index is 4.69. The van der Waals surface area contributed by atoms with Crippen LogP contribution in [0.1, 0.15) is 29.7 Å². The fraction of sp³-hybridized carbons (Fsp3) is 0.412. The molecule has 1 aliphatic carbocycles. The van der Waals surface area contributed by atoms with Gasteiger partial charge in [-0.1, -0.05) is 29.8 Å². The van der Waals surface area contributed by atoms with E-state index in [9.17, 15) is 0 Å². The van der Waals surface area contributed by atoms with E-state index in [1.54, 1.807) is 0 Å². The molecule has 0 unspecified atom stereocenters. The van der Waals surface area contributed by atoms with Crippen LogP contribution in [-0.4, -0.2) is 23.1 Å². The van der Waals surface area contributed by atoms with Gasteiger partial charge in [-0.15, -0.1) is 0 Å². The van der Waals surface area contributed by atoms with Gasteiger partial charge in [0.1, 0.15) is 5.82 Å². The summed E-state index contributed by atoms with van der Waals surface area (Å²) in [5.74, 6) is 0.922. The van der Waals surface area contributed by atoms with Crippen molar-refractivity contribution in [2.24, 2.45) is 0 Å². The molecule has 4 nitrogen and oxygen atoms in total. The van der Waals surface area contributed by atoms with E-state index in [2.05, 4.69) is 58.4 Å². The van der Waals surface area contributed by atoms with Crippen LogP contribution in [0.25, 0.3) is 0 Å². The SMILES string of the molecule is Cc1ccc(CN(C)c2cncc(CNC3CC3)n2)cc1. The molecule has 0 amide bonds. The molecule has 1 aromatic carbocycles. The van der Waals surface area contributed by atoms with Gasteiger partial charge in [-0.25, -0.2) is 4.98 Å². The second-order valence-electron chi connectivity index (χ2n) is 5.87. The van der Waals surface area contributed by atoms with Crippen LogP contribution in [0.2, 0.25) is 0 Å². The van der Waals surface area contributed by atoms with Crippen LogP contribution in [0.3, 0.4) is 0 Å². The van der Waals surface area contributed by atoms with Crippen molar-refractivity contribution in [3.63, 3.8) is 0 Å². The van der Waals surface area contributed by atoms with Gasteiger partial charge in [0.05, 0.1) is 11.9 Å². The van der Waals surface area contributed by atoms with Crippen molar-refractivity contribution >= 4 is 5.82 Å². The molecule has 1 fully saturated rings. The molecule has 1 heterocycles. The Balaban J connectivity index is 1.63. The van der Waals surface area contributed by atoms with Crippen molar-refractivity contribution in [2.75, 3.05) is 11.9 Å². The van der Waals surface area contributed by atoms with Crippen LogP contribution < -0.4 is 10.2 Å². The predicted octanol–water partition coefficient (Wildman–Crippen LogP) is 2.67. The Morgan fingerprint density at radius 3 is 2.67 bits per heavy atom. The minimum absolute atomic E-state index is 0.695. The van der Waals surface area contributed by atoms with E-state index >= 15 is 0 Å². The maximum atomic E-state index is 4.69. The summed E-state index contributed by atoms with van der Waals surface area (Å²) in [6, 6.07) is 9.31. The summed E-state index contributed by atoms with van der Waals surface area (Å²) in [6.45, 7) is 3.76. The number of hydrogen-bond acceptors (Lipinski definition) is 4. The van der Waals surface area contributed by atoms with Gasteiger partial charge >= 0.3 is 0 Å². The average Bonchev–Trinajstić information content (AvgIpc) is 3.32. The van der Waals surface area contributed by atoms with Gasteiger partial charge in [0.25, 0.3) is 0 Å². The van der Waals surface area contributed by atoms with Crippen molar-refractivity contribution in [3.05, 3.63) is 53.5 Å². The number of benzene rings is 1. The lowest BCUT2D eigenvalue weighted by molar-refractivity contribution is 0.670. The molecule has 1 aliphatic rings. The number of aryl methyl sites for hydroxylation is 1. The molecule has 2 aromatic rings. The zero-order valence-corrected chi connectivity index (χ0v) is 12.7. The van der Waals surface area contributed by atoms with Gasteiger partial charge in [-0.05, 0) is 25.3 Å². The quantitative estimate of drug-likeness (QED) is 0.884. The third-order valence-electron chi connectivity index (χ3n) is 3.75. The first-order valence-corrected chi connectivity index (χ1v) is 7.52. The Kier molecular flexibility index (Phi) is 4.15. The lowest BCUT2D eigenvalue weighted by Gasteiger charge is -2.18. The summed E-state index contributed by atoms with van der Waals surface area (Å²) < 4.78 is 0. The van der Waals surface area contributed by atoms with Gasteiger partial charge in [-0.3, -0.25) is 4.98 Å². The summed E-state index contributed by atoms with van der Waals surface area (Å²) in [6.07, 6.45) is 6.26. The molecule has 110 valence electrons. The van der Waals surface area contributed by atoms with Crippen molar-refractivity contribution in [2.45, 2.75) is 38.9 Å². The fourth-order valence-electron chi connectivity index (χ4n) is 2.25. The predicted molar refractivity (Wildman–Crippen MR) is 85.2 cm³/mol. The lowest BCUT2D eigenvalue weighted by atomic mass is 10.1. The van der Waals surface area contributed by atoms with E-state index in [0.29, 0.717) is 6.04 Å². The Morgan fingerprint density at radius 1 is 1.19 bits per heavy atom. The summed E-state index contributed by atoms with van der Waals surface area (Å²) in [5, 5.41) is 3.47. The minimum Gasteiger partial charge on any atom is -0.354 e. The zero-order valence-electron chi connectivity index (χ0n) is 12.7. The molecule has 4 heteroatoms. The Labute approximate surface area is 126 Å². The van der Waals surface area contributed by atoms with E-state index < -0.39 is 0 Å². The molecule has 1 N–H and O–H groups in total. The van der Waals surface area contributed by atoms with Gasteiger partial charge in [0.15, 0.2) is 0 Å². The molecule has 0 spiro atoms. The first-order chi connectivity index (χ1) is 10.2. The molecular formula is C17H22N4. The molecule has 3 rings (SSSR count). The highest BCUT2D eigenvalue weighted by Crippen LogP contribution is 2.19. The van der Waals surface area contributed by atoms with Crippen molar-refractivity contribution in [3.8, 4) is 0 Å². The van der Waals surface area contributed by atoms with Crippen LogP contribution in [0, 0.1) is 6.92 Å². The fourth-order valence-corrected chi connectivity index (χ4v) is 2.25. The summed E-state index contributed by atoms with van der Waals surface area (Å²) in [4.78, 5) is 11.1. The first-order valence-electron chi connectivity index (χ1n) is 7.52. The molecule has 1 saturated carbocycles. The van der Waals surface area contributed by atoms with E-state index in [0.717, 1.165) is 24.6 Å². The number of aromatic nitrogens is 2. The topological polar surface area (TPSA) is 41.1 Å². The largest absolute Gasteiger partial charge is 0.354 e. The van der Waals surface area contributed by atoms with Crippen molar-refractivity contribution in [1.82, 2.24) is 15.3 Å². The van der Waals surface area contributed by atoms with Crippen molar-refractivity contribution in [1.29, 1.82) is 0 Å². The highest BCUT2D eigenvalue weighted by molar-refractivity contribution is 5.37. The molecule has 21 heavy (non-hydrogen) atoms. The third-order valence-corrected chi connectivity index (χ3v) is 3.75. The number of nitrogens with zero attached hydrogens (tertiary/aromatic N) is 3. The summed E-state index contributed by atoms with van der Waals surface area (Å²) >= 11 is 0. The molecule has 0 radical (unpaired) electrons. The monoisotopic (exact) mass is 282 g/mol. The van der Waals surface area contributed by atoms with Gasteiger partial charge < -0.3 is 10.2 Å². The lowest BCUT2D eigenvalue weighted by Crippen LogP contribution is -2.20. The molecule has 0 aliphatic heterocycles. The van der Waals surface area contributed by atoms with Crippen LogP contribution in [0.15, 0.2) is 36.7 Å². The van der Waals surface area contributed by atoms with E-state index in [1.807, 2.05) is 12.4 Å². The molecule has 1 aromatic heterocycles. The van der Waals surface area contributed by atoms with Crippen LogP contribution in [-0.2, 0) is 13.1 Å². The number of rotatable bonds is 6. The van der Waals surface area contributed by atoms with Gasteiger partial charge in [0.2, 0.25) is 0 Å². The normalized spacial score (nSPS) is 14.2. The Hall–Kier alpha value is -1.94. The highest BCUT2D eigenvalue weighted by Gasteiger charge is 2.20. The maximum Gasteiger partial charge on any atom is 0.147 e. The highest BCUT2D eigenvalue weighted by atomic mass is 15.2. The molecule has 0 atom stereocenters.